The van der Waals surface area contributed by atoms with E-state index < -0.39 is 0 Å². The molecule has 19 heavy (non-hydrogen) atoms. The molecule has 98 valence electrons. The Bertz CT molecular complexity index is 554. The molecule has 0 fully saturated rings. The number of hydrogen-bond donors (Lipinski definition) is 1. The maximum atomic E-state index is 5.74. The van der Waals surface area contributed by atoms with E-state index in [-0.39, 0.29) is 0 Å². The second-order valence-corrected chi connectivity index (χ2v) is 4.85. The van der Waals surface area contributed by atoms with E-state index >= 15 is 0 Å². The monoisotopic (exact) mass is 271 g/mol. The molecule has 0 aliphatic heterocycles. The van der Waals surface area contributed by atoms with Crippen LogP contribution < -0.4 is 10.6 Å². The smallest absolute Gasteiger partial charge is 0.106 e. The summed E-state index contributed by atoms with van der Waals surface area (Å²) in [6, 6.07) is 12.3. The molecule has 3 nitrogen and oxygen atoms in total. The van der Waals surface area contributed by atoms with Crippen LogP contribution in [0.4, 0.5) is 5.69 Å². The molecule has 0 aliphatic rings. The molecule has 2 N–H and O–H groups in total. The summed E-state index contributed by atoms with van der Waals surface area (Å²) in [6.07, 6.45) is 4.49. The number of aromatic nitrogens is 1. The molecule has 0 amide bonds. The molecule has 2 aromatic rings. The minimum atomic E-state index is 0.406. The molecule has 1 aromatic heterocycles. The largest absolute Gasteiger partial charge is 0.389 e. The van der Waals surface area contributed by atoms with Crippen molar-refractivity contribution in [2.24, 2.45) is 5.73 Å². The van der Waals surface area contributed by atoms with Crippen molar-refractivity contribution < 1.29 is 0 Å². The van der Waals surface area contributed by atoms with Crippen LogP contribution in [-0.2, 0) is 6.42 Å². The average molecular weight is 271 g/mol. The SMILES string of the molecule is CN(CCc1ccccc1)c1cnccc1C(N)=S. The molecule has 0 radical (unpaired) electrons. The molecule has 2 rings (SSSR count). The minimum Gasteiger partial charge on any atom is -0.389 e. The van der Waals surface area contributed by atoms with Gasteiger partial charge >= 0.3 is 0 Å². The van der Waals surface area contributed by atoms with Gasteiger partial charge in [0, 0.05) is 25.4 Å². The van der Waals surface area contributed by atoms with E-state index in [2.05, 4.69) is 34.1 Å². The maximum Gasteiger partial charge on any atom is 0.106 e. The van der Waals surface area contributed by atoms with E-state index in [1.165, 1.54) is 5.56 Å². The lowest BCUT2D eigenvalue weighted by Gasteiger charge is -2.21. The molecule has 1 aromatic carbocycles. The molecular weight excluding hydrogens is 254 g/mol. The summed E-state index contributed by atoms with van der Waals surface area (Å²) in [5.41, 5.74) is 8.90. The summed E-state index contributed by atoms with van der Waals surface area (Å²) in [4.78, 5) is 6.69. The van der Waals surface area contributed by atoms with E-state index in [1.54, 1.807) is 12.4 Å². The van der Waals surface area contributed by atoms with Crippen molar-refractivity contribution >= 4 is 22.9 Å². The van der Waals surface area contributed by atoms with Gasteiger partial charge in [-0.15, -0.1) is 0 Å². The Morgan fingerprint density at radius 2 is 2.00 bits per heavy atom. The second-order valence-electron chi connectivity index (χ2n) is 4.41. The zero-order valence-corrected chi connectivity index (χ0v) is 11.7. The van der Waals surface area contributed by atoms with Gasteiger partial charge < -0.3 is 10.6 Å². The van der Waals surface area contributed by atoms with Gasteiger partial charge in [0.25, 0.3) is 0 Å². The minimum absolute atomic E-state index is 0.406. The van der Waals surface area contributed by atoms with Gasteiger partial charge in [-0.25, -0.2) is 0 Å². The van der Waals surface area contributed by atoms with Gasteiger partial charge in [-0.1, -0.05) is 42.5 Å². The first kappa shape index (κ1) is 13.5. The third kappa shape index (κ3) is 3.51. The van der Waals surface area contributed by atoms with Gasteiger partial charge in [-0.2, -0.15) is 0 Å². The molecule has 0 unspecified atom stereocenters. The molecule has 4 heteroatoms. The fourth-order valence-corrected chi connectivity index (χ4v) is 2.13. The van der Waals surface area contributed by atoms with Crippen molar-refractivity contribution in [2.45, 2.75) is 6.42 Å². The second kappa shape index (κ2) is 6.29. The van der Waals surface area contributed by atoms with Crippen molar-refractivity contribution in [3.63, 3.8) is 0 Å². The van der Waals surface area contributed by atoms with Crippen LogP contribution >= 0.6 is 12.2 Å². The number of rotatable bonds is 5. The van der Waals surface area contributed by atoms with Crippen LogP contribution in [0.25, 0.3) is 0 Å². The van der Waals surface area contributed by atoms with Crippen molar-refractivity contribution in [2.75, 3.05) is 18.5 Å². The van der Waals surface area contributed by atoms with Crippen molar-refractivity contribution in [1.29, 1.82) is 0 Å². The van der Waals surface area contributed by atoms with E-state index in [1.807, 2.05) is 19.2 Å². The number of likely N-dealkylation sites (N-methyl/N-ethyl adjacent to an activating group) is 1. The molecule has 0 saturated heterocycles. The summed E-state index contributed by atoms with van der Waals surface area (Å²) in [5, 5.41) is 0. The van der Waals surface area contributed by atoms with Gasteiger partial charge in [0.05, 0.1) is 11.9 Å². The lowest BCUT2D eigenvalue weighted by Crippen LogP contribution is -2.24. The first-order chi connectivity index (χ1) is 9.18. The topological polar surface area (TPSA) is 42.2 Å². The molecule has 0 aliphatic carbocycles. The Labute approximate surface area is 119 Å². The van der Waals surface area contributed by atoms with Crippen molar-refractivity contribution in [1.82, 2.24) is 4.98 Å². The first-order valence-corrected chi connectivity index (χ1v) is 6.58. The fraction of sp³-hybridized carbons (Fsp3) is 0.200. The Balaban J connectivity index is 2.08. The molecule has 0 atom stereocenters. The molecular formula is C15H17N3S. The number of benzene rings is 1. The van der Waals surface area contributed by atoms with Gasteiger partial charge in [-0.05, 0) is 18.1 Å². The van der Waals surface area contributed by atoms with Crippen molar-refractivity contribution in [3.05, 3.63) is 59.9 Å². The maximum absolute atomic E-state index is 5.74. The normalized spacial score (nSPS) is 10.2. The van der Waals surface area contributed by atoms with Crippen LogP contribution in [0, 0.1) is 0 Å². The lowest BCUT2D eigenvalue weighted by atomic mass is 10.1. The zero-order chi connectivity index (χ0) is 13.7. The number of pyridine rings is 1. The van der Waals surface area contributed by atoms with Crippen LogP contribution in [0.2, 0.25) is 0 Å². The van der Waals surface area contributed by atoms with E-state index in [9.17, 15) is 0 Å². The Hall–Kier alpha value is -1.94. The zero-order valence-electron chi connectivity index (χ0n) is 10.9. The highest BCUT2D eigenvalue weighted by atomic mass is 32.1. The summed E-state index contributed by atoms with van der Waals surface area (Å²) in [5.74, 6) is 0. The average Bonchev–Trinajstić information content (AvgIpc) is 2.46. The fourth-order valence-electron chi connectivity index (χ4n) is 1.96. The van der Waals surface area contributed by atoms with E-state index in [0.29, 0.717) is 4.99 Å². The molecule has 0 spiro atoms. The number of anilines is 1. The van der Waals surface area contributed by atoms with Crippen LogP contribution in [-0.4, -0.2) is 23.6 Å². The summed E-state index contributed by atoms with van der Waals surface area (Å²) < 4.78 is 0. The number of nitrogens with two attached hydrogens (primary N) is 1. The molecule has 0 bridgehead atoms. The van der Waals surface area contributed by atoms with Gasteiger partial charge in [-0.3, -0.25) is 4.98 Å². The van der Waals surface area contributed by atoms with Gasteiger partial charge in [0.1, 0.15) is 4.99 Å². The van der Waals surface area contributed by atoms with Gasteiger partial charge in [0.15, 0.2) is 0 Å². The Morgan fingerprint density at radius 3 is 2.68 bits per heavy atom. The van der Waals surface area contributed by atoms with Crippen molar-refractivity contribution in [3.8, 4) is 0 Å². The highest BCUT2D eigenvalue weighted by molar-refractivity contribution is 7.80. The Morgan fingerprint density at radius 1 is 1.26 bits per heavy atom. The molecule has 1 heterocycles. The van der Waals surface area contributed by atoms with Crippen LogP contribution in [0.5, 0.6) is 0 Å². The van der Waals surface area contributed by atoms with Crippen LogP contribution in [0.3, 0.4) is 0 Å². The summed E-state index contributed by atoms with van der Waals surface area (Å²) >= 11 is 5.07. The molecule has 0 saturated carbocycles. The number of hydrogen-bond acceptors (Lipinski definition) is 3. The quantitative estimate of drug-likeness (QED) is 0.848. The lowest BCUT2D eigenvalue weighted by molar-refractivity contribution is 0.872. The first-order valence-electron chi connectivity index (χ1n) is 6.17. The number of nitrogens with zero attached hydrogens (tertiary/aromatic N) is 2. The number of thiocarbonyl (C=S) groups is 1. The van der Waals surface area contributed by atoms with Gasteiger partial charge in [0.2, 0.25) is 0 Å². The summed E-state index contributed by atoms with van der Waals surface area (Å²) in [7, 11) is 2.03. The highest BCUT2D eigenvalue weighted by Gasteiger charge is 2.09. The van der Waals surface area contributed by atoms with E-state index in [0.717, 1.165) is 24.2 Å². The van der Waals surface area contributed by atoms with Crippen LogP contribution in [0.15, 0.2) is 48.8 Å². The predicted octanol–water partition coefficient (Wildman–Crippen LogP) is 2.39. The predicted molar refractivity (Wildman–Crippen MR) is 83.5 cm³/mol. The van der Waals surface area contributed by atoms with Crippen LogP contribution in [0.1, 0.15) is 11.1 Å². The van der Waals surface area contributed by atoms with E-state index in [4.69, 9.17) is 18.0 Å². The standard InChI is InChI=1S/C15H17N3S/c1-18(10-8-12-5-3-2-4-6-12)14-11-17-9-7-13(14)15(16)19/h2-7,9,11H,8,10H2,1H3,(H2,16,19). The third-order valence-electron chi connectivity index (χ3n) is 3.06. The highest BCUT2D eigenvalue weighted by Crippen LogP contribution is 2.18. The Kier molecular flexibility index (Phi) is 4.47. The third-order valence-corrected chi connectivity index (χ3v) is 3.28. The summed E-state index contributed by atoms with van der Waals surface area (Å²) in [6.45, 7) is 0.894.